The Bertz CT molecular complexity index is 405. The van der Waals surface area contributed by atoms with Crippen LogP contribution < -0.4 is 22.9 Å². The van der Waals surface area contributed by atoms with Crippen LogP contribution in [0.25, 0.3) is 0 Å². The minimum Gasteiger partial charge on any atom is -0.397 e. The normalized spacial score (nSPS) is 19.6. The molecule has 0 amide bonds. The van der Waals surface area contributed by atoms with E-state index < -0.39 is 6.29 Å². The fourth-order valence-electron chi connectivity index (χ4n) is 1.59. The predicted molar refractivity (Wildman–Crippen MR) is 53.8 cm³/mol. The number of rotatable bonds is 0. The maximum atomic E-state index is 9.45. The van der Waals surface area contributed by atoms with Gasteiger partial charge in [0.25, 0.3) is 0 Å². The van der Waals surface area contributed by atoms with Crippen molar-refractivity contribution in [1.82, 2.24) is 0 Å². The molecule has 0 saturated heterocycles. The minimum absolute atomic E-state index is 0.200. The molecule has 0 radical (unpaired) electrons. The summed E-state index contributed by atoms with van der Waals surface area (Å²) in [6.07, 6.45) is -1.06. The van der Waals surface area contributed by atoms with E-state index in [2.05, 4.69) is 0 Å². The second-order valence-corrected chi connectivity index (χ2v) is 3.21. The van der Waals surface area contributed by atoms with E-state index in [0.29, 0.717) is 16.8 Å². The molecule has 0 fully saturated rings. The highest BCUT2D eigenvalue weighted by Crippen LogP contribution is 2.43. The zero-order valence-corrected chi connectivity index (χ0v) is 7.45. The molecule has 1 atom stereocenters. The third-order valence-electron chi connectivity index (χ3n) is 2.44. The van der Waals surface area contributed by atoms with E-state index in [9.17, 15) is 5.11 Å². The van der Waals surface area contributed by atoms with Crippen LogP contribution in [0.1, 0.15) is 17.4 Å². The molecule has 9 N–H and O–H groups in total. The van der Waals surface area contributed by atoms with Crippen molar-refractivity contribution in [1.29, 1.82) is 0 Å². The number of benzene rings is 1. The van der Waals surface area contributed by atoms with Gasteiger partial charge in [-0.25, -0.2) is 0 Å². The van der Waals surface area contributed by atoms with Gasteiger partial charge in [-0.15, -0.1) is 0 Å². The quantitative estimate of drug-likeness (QED) is 0.356. The van der Waals surface area contributed by atoms with E-state index in [1.54, 1.807) is 0 Å². The Morgan fingerprint density at radius 2 is 1.57 bits per heavy atom. The molecule has 0 saturated carbocycles. The molecule has 14 heavy (non-hydrogen) atoms. The highest BCUT2D eigenvalue weighted by molar-refractivity contribution is 5.91. The number of nitrogens with two attached hydrogens (primary N) is 4. The summed E-state index contributed by atoms with van der Waals surface area (Å²) in [4.78, 5) is 0. The van der Waals surface area contributed by atoms with Gasteiger partial charge in [0, 0.05) is 11.1 Å². The van der Waals surface area contributed by atoms with Gasteiger partial charge in [0.05, 0.1) is 29.4 Å². The molecular weight excluding hydrogens is 184 g/mol. The first-order valence-corrected chi connectivity index (χ1v) is 4.08. The third kappa shape index (κ3) is 0.918. The van der Waals surface area contributed by atoms with E-state index in [1.165, 1.54) is 0 Å². The molecule has 2 rings (SSSR count). The van der Waals surface area contributed by atoms with Gasteiger partial charge in [-0.3, -0.25) is 0 Å². The molecule has 1 unspecified atom stereocenters. The van der Waals surface area contributed by atoms with Gasteiger partial charge < -0.3 is 32.8 Å². The Balaban J connectivity index is 2.77. The fourth-order valence-corrected chi connectivity index (χ4v) is 1.59. The summed E-state index contributed by atoms with van der Waals surface area (Å²) in [5, 5.41) is 9.45. The van der Waals surface area contributed by atoms with Crippen molar-refractivity contribution in [3.05, 3.63) is 11.1 Å². The van der Waals surface area contributed by atoms with E-state index >= 15 is 0 Å². The molecule has 1 aromatic carbocycles. The summed E-state index contributed by atoms with van der Waals surface area (Å²) >= 11 is 0. The molecule has 1 aromatic rings. The van der Waals surface area contributed by atoms with Crippen molar-refractivity contribution < 1.29 is 9.84 Å². The molecule has 0 aliphatic carbocycles. The summed E-state index contributed by atoms with van der Waals surface area (Å²) in [6.45, 7) is 0.205. The van der Waals surface area contributed by atoms with Crippen LogP contribution in [0.2, 0.25) is 0 Å². The van der Waals surface area contributed by atoms with Crippen LogP contribution in [0, 0.1) is 0 Å². The van der Waals surface area contributed by atoms with Crippen molar-refractivity contribution in [2.45, 2.75) is 12.9 Å². The molecule has 0 bridgehead atoms. The van der Waals surface area contributed by atoms with Gasteiger partial charge in [-0.05, 0) is 0 Å². The predicted octanol–water partition coefficient (Wildman–Crippen LogP) is -0.463. The Morgan fingerprint density at radius 1 is 1.00 bits per heavy atom. The molecular formula is C8H12N4O2. The van der Waals surface area contributed by atoms with Crippen molar-refractivity contribution in [2.24, 2.45) is 0 Å². The van der Waals surface area contributed by atoms with Gasteiger partial charge in [-0.1, -0.05) is 0 Å². The maximum absolute atomic E-state index is 9.45. The Morgan fingerprint density at radius 3 is 2.21 bits per heavy atom. The van der Waals surface area contributed by atoms with Crippen LogP contribution in [-0.4, -0.2) is 5.11 Å². The molecule has 1 aliphatic rings. The number of ether oxygens (including phenoxy) is 1. The second-order valence-electron chi connectivity index (χ2n) is 3.21. The molecule has 76 valence electrons. The average molecular weight is 196 g/mol. The van der Waals surface area contributed by atoms with Crippen LogP contribution >= 0.6 is 0 Å². The van der Waals surface area contributed by atoms with Crippen LogP contribution in [-0.2, 0) is 11.3 Å². The Kier molecular flexibility index (Phi) is 1.70. The molecule has 1 aliphatic heterocycles. The lowest BCUT2D eigenvalue weighted by Gasteiger charge is -2.13. The van der Waals surface area contributed by atoms with Crippen LogP contribution in [0.15, 0.2) is 0 Å². The van der Waals surface area contributed by atoms with Crippen LogP contribution in [0.5, 0.6) is 0 Å². The summed E-state index contributed by atoms with van der Waals surface area (Å²) in [7, 11) is 0. The lowest BCUT2D eigenvalue weighted by molar-refractivity contribution is -0.0914. The topological polar surface area (TPSA) is 134 Å². The highest BCUT2D eigenvalue weighted by atomic mass is 16.6. The van der Waals surface area contributed by atoms with E-state index in [1.807, 2.05) is 0 Å². The monoisotopic (exact) mass is 196 g/mol. The summed E-state index contributed by atoms with van der Waals surface area (Å²) in [6, 6.07) is 0. The number of hydrogen-bond donors (Lipinski definition) is 5. The lowest BCUT2D eigenvalue weighted by Crippen LogP contribution is -2.09. The zero-order chi connectivity index (χ0) is 10.5. The number of hydrogen-bond acceptors (Lipinski definition) is 6. The second kappa shape index (κ2) is 2.66. The lowest BCUT2D eigenvalue weighted by atomic mass is 10.0. The summed E-state index contributed by atoms with van der Waals surface area (Å²) in [5.41, 5.74) is 24.8. The first-order chi connectivity index (χ1) is 6.54. The van der Waals surface area contributed by atoms with Crippen LogP contribution in [0.4, 0.5) is 22.7 Å². The zero-order valence-electron chi connectivity index (χ0n) is 7.45. The van der Waals surface area contributed by atoms with Gasteiger partial charge in [0.15, 0.2) is 6.29 Å². The average Bonchev–Trinajstić information content (AvgIpc) is 2.54. The van der Waals surface area contributed by atoms with Crippen molar-refractivity contribution >= 4 is 22.7 Å². The molecule has 0 aromatic heterocycles. The van der Waals surface area contributed by atoms with Crippen molar-refractivity contribution in [3.63, 3.8) is 0 Å². The first kappa shape index (κ1) is 8.92. The molecule has 0 spiro atoms. The van der Waals surface area contributed by atoms with Crippen LogP contribution in [0.3, 0.4) is 0 Å². The largest absolute Gasteiger partial charge is 0.397 e. The number of aliphatic hydroxyl groups is 1. The van der Waals surface area contributed by atoms with E-state index in [4.69, 9.17) is 27.7 Å². The molecule has 6 heteroatoms. The van der Waals surface area contributed by atoms with Gasteiger partial charge in [0.2, 0.25) is 0 Å². The first-order valence-electron chi connectivity index (χ1n) is 4.08. The third-order valence-corrected chi connectivity index (χ3v) is 2.44. The number of anilines is 4. The van der Waals surface area contributed by atoms with E-state index in [0.717, 1.165) is 0 Å². The molecule has 6 nitrogen and oxygen atoms in total. The van der Waals surface area contributed by atoms with Gasteiger partial charge in [0.1, 0.15) is 0 Å². The number of nitrogen functional groups attached to an aromatic ring is 4. The standard InChI is InChI=1S/C8H12N4O2/c9-4-2-1-14-8(13)3(2)5(10)7(12)6(4)11/h8,13H,1,9-12H2. The minimum atomic E-state index is -1.06. The maximum Gasteiger partial charge on any atom is 0.184 e. The smallest absolute Gasteiger partial charge is 0.184 e. The Labute approximate surface area is 80.4 Å². The van der Waals surface area contributed by atoms with Crippen molar-refractivity contribution in [2.75, 3.05) is 22.9 Å². The van der Waals surface area contributed by atoms with E-state index in [-0.39, 0.29) is 23.7 Å². The molecule has 1 heterocycles. The highest BCUT2D eigenvalue weighted by Gasteiger charge is 2.28. The van der Waals surface area contributed by atoms with Crippen molar-refractivity contribution in [3.8, 4) is 0 Å². The van der Waals surface area contributed by atoms with Gasteiger partial charge in [-0.2, -0.15) is 0 Å². The fraction of sp³-hybridized carbons (Fsp3) is 0.250. The number of fused-ring (bicyclic) bond motifs is 1. The number of aliphatic hydroxyl groups excluding tert-OH is 1. The summed E-state index contributed by atoms with van der Waals surface area (Å²) < 4.78 is 4.98. The summed E-state index contributed by atoms with van der Waals surface area (Å²) in [5.74, 6) is 0. The SMILES string of the molecule is Nc1c(N)c(N)c2c(c1N)COC2O. The van der Waals surface area contributed by atoms with Gasteiger partial charge >= 0.3 is 0 Å². The Hall–Kier alpha value is -1.66.